The zero-order valence-corrected chi connectivity index (χ0v) is 6.28. The van der Waals surface area contributed by atoms with Crippen LogP contribution in [-0.2, 0) is 0 Å². The predicted molar refractivity (Wildman–Crippen MR) is 41.9 cm³/mol. The van der Waals surface area contributed by atoms with E-state index in [-0.39, 0.29) is 0 Å². The van der Waals surface area contributed by atoms with Crippen molar-refractivity contribution in [2.45, 2.75) is 0 Å². The molecule has 1 N–H and O–H groups in total. The van der Waals surface area contributed by atoms with E-state index in [1.54, 1.807) is 18.5 Å². The van der Waals surface area contributed by atoms with Gasteiger partial charge >= 0.3 is 0 Å². The van der Waals surface area contributed by atoms with Gasteiger partial charge in [-0.05, 0) is 6.07 Å². The highest BCUT2D eigenvalue weighted by Gasteiger charge is 2.03. The SMILES string of the molecule is On1cc(Cl)c2cnccc21. The topological polar surface area (TPSA) is 38.0 Å². The smallest absolute Gasteiger partial charge is 0.0911 e. The van der Waals surface area contributed by atoms with Crippen molar-refractivity contribution in [3.8, 4) is 0 Å². The van der Waals surface area contributed by atoms with Crippen molar-refractivity contribution in [3.05, 3.63) is 29.7 Å². The maximum atomic E-state index is 9.20. The molecular weight excluding hydrogens is 164 g/mol. The Hall–Kier alpha value is -1.22. The van der Waals surface area contributed by atoms with Gasteiger partial charge in [-0.1, -0.05) is 11.6 Å². The van der Waals surface area contributed by atoms with E-state index in [1.165, 1.54) is 6.20 Å². The summed E-state index contributed by atoms with van der Waals surface area (Å²) in [5, 5.41) is 10.5. The molecule has 11 heavy (non-hydrogen) atoms. The summed E-state index contributed by atoms with van der Waals surface area (Å²) >= 11 is 5.76. The van der Waals surface area contributed by atoms with Gasteiger partial charge in [-0.2, -0.15) is 4.73 Å². The molecule has 0 bridgehead atoms. The van der Waals surface area contributed by atoms with E-state index in [4.69, 9.17) is 11.6 Å². The van der Waals surface area contributed by atoms with Crippen LogP contribution in [0.1, 0.15) is 0 Å². The van der Waals surface area contributed by atoms with Gasteiger partial charge in [0.1, 0.15) is 0 Å². The number of aromatic nitrogens is 2. The fraction of sp³-hybridized carbons (Fsp3) is 0. The highest BCUT2D eigenvalue weighted by atomic mass is 35.5. The molecule has 3 nitrogen and oxygen atoms in total. The number of nitrogens with zero attached hydrogens (tertiary/aromatic N) is 2. The van der Waals surface area contributed by atoms with E-state index in [2.05, 4.69) is 4.98 Å². The Morgan fingerprint density at radius 2 is 2.36 bits per heavy atom. The van der Waals surface area contributed by atoms with Crippen molar-refractivity contribution in [1.82, 2.24) is 9.71 Å². The molecule has 0 aliphatic heterocycles. The van der Waals surface area contributed by atoms with Gasteiger partial charge in [0.2, 0.25) is 0 Å². The van der Waals surface area contributed by atoms with E-state index in [9.17, 15) is 5.21 Å². The summed E-state index contributed by atoms with van der Waals surface area (Å²) < 4.78 is 0.985. The fourth-order valence-corrected chi connectivity index (χ4v) is 1.26. The van der Waals surface area contributed by atoms with Gasteiger partial charge in [-0.3, -0.25) is 4.98 Å². The van der Waals surface area contributed by atoms with Crippen LogP contribution in [0.4, 0.5) is 0 Å². The largest absolute Gasteiger partial charge is 0.428 e. The highest BCUT2D eigenvalue weighted by molar-refractivity contribution is 6.35. The Balaban J connectivity index is 2.95. The van der Waals surface area contributed by atoms with Crippen LogP contribution in [0, 0.1) is 0 Å². The Morgan fingerprint density at radius 3 is 3.09 bits per heavy atom. The van der Waals surface area contributed by atoms with Crippen LogP contribution in [0.25, 0.3) is 10.9 Å². The van der Waals surface area contributed by atoms with E-state index < -0.39 is 0 Å². The van der Waals surface area contributed by atoms with Crippen LogP contribution in [0.15, 0.2) is 24.7 Å². The maximum Gasteiger partial charge on any atom is 0.0911 e. The van der Waals surface area contributed by atoms with E-state index >= 15 is 0 Å². The molecule has 0 saturated heterocycles. The molecule has 0 aromatic carbocycles. The first-order chi connectivity index (χ1) is 5.29. The average Bonchev–Trinajstić information content (AvgIpc) is 2.30. The fourth-order valence-electron chi connectivity index (χ4n) is 1.02. The Morgan fingerprint density at radius 1 is 1.55 bits per heavy atom. The standard InChI is InChI=1S/C7H5ClN2O/c8-6-4-10(11)7-1-2-9-3-5(6)7/h1-4,11H. The zero-order chi connectivity index (χ0) is 7.84. The molecule has 0 saturated carbocycles. The molecule has 2 heterocycles. The summed E-state index contributed by atoms with van der Waals surface area (Å²) in [6.45, 7) is 0. The first-order valence-electron chi connectivity index (χ1n) is 3.09. The van der Waals surface area contributed by atoms with Crippen molar-refractivity contribution >= 4 is 22.5 Å². The first kappa shape index (κ1) is 6.49. The van der Waals surface area contributed by atoms with Crippen molar-refractivity contribution < 1.29 is 5.21 Å². The highest BCUT2D eigenvalue weighted by Crippen LogP contribution is 2.22. The maximum absolute atomic E-state index is 9.20. The third-order valence-corrected chi connectivity index (χ3v) is 1.84. The van der Waals surface area contributed by atoms with Crippen LogP contribution in [0.2, 0.25) is 5.02 Å². The number of pyridine rings is 1. The van der Waals surface area contributed by atoms with Crippen LogP contribution in [0.5, 0.6) is 0 Å². The van der Waals surface area contributed by atoms with Gasteiger partial charge in [-0.25, -0.2) is 0 Å². The number of halogens is 1. The molecule has 0 atom stereocenters. The predicted octanol–water partition coefficient (Wildman–Crippen LogP) is 1.93. The van der Waals surface area contributed by atoms with Gasteiger partial charge in [0.05, 0.1) is 16.7 Å². The second-order valence-corrected chi connectivity index (χ2v) is 2.62. The van der Waals surface area contributed by atoms with Crippen molar-refractivity contribution in [2.24, 2.45) is 0 Å². The third kappa shape index (κ3) is 0.851. The molecule has 2 aromatic rings. The lowest BCUT2D eigenvalue weighted by Crippen LogP contribution is -1.84. The molecule has 56 valence electrons. The molecule has 0 aliphatic rings. The summed E-state index contributed by atoms with van der Waals surface area (Å²) in [5.74, 6) is 0. The summed E-state index contributed by atoms with van der Waals surface area (Å²) in [5.41, 5.74) is 0.671. The van der Waals surface area contributed by atoms with Gasteiger partial charge in [0.15, 0.2) is 0 Å². The number of rotatable bonds is 0. The second-order valence-electron chi connectivity index (χ2n) is 2.21. The molecule has 0 aliphatic carbocycles. The summed E-state index contributed by atoms with van der Waals surface area (Å²) in [6, 6.07) is 1.70. The molecule has 0 spiro atoms. The van der Waals surface area contributed by atoms with Crippen molar-refractivity contribution in [2.75, 3.05) is 0 Å². The minimum absolute atomic E-state index is 0.510. The zero-order valence-electron chi connectivity index (χ0n) is 5.53. The third-order valence-electron chi connectivity index (χ3n) is 1.54. The Bertz CT molecular complexity index is 360. The lowest BCUT2D eigenvalue weighted by molar-refractivity contribution is 0.200. The normalized spacial score (nSPS) is 10.6. The summed E-state index contributed by atoms with van der Waals surface area (Å²) in [6.07, 6.45) is 4.66. The van der Waals surface area contributed by atoms with Crippen molar-refractivity contribution in [3.63, 3.8) is 0 Å². The van der Waals surface area contributed by atoms with Gasteiger partial charge in [0, 0.05) is 17.8 Å². The van der Waals surface area contributed by atoms with E-state index in [0.717, 1.165) is 10.1 Å². The number of fused-ring (bicyclic) bond motifs is 1. The molecule has 0 amide bonds. The van der Waals surface area contributed by atoms with E-state index in [0.29, 0.717) is 10.5 Å². The lowest BCUT2D eigenvalue weighted by Gasteiger charge is -1.90. The monoisotopic (exact) mass is 168 g/mol. The number of hydrogen-bond acceptors (Lipinski definition) is 2. The van der Waals surface area contributed by atoms with Gasteiger partial charge in [-0.15, -0.1) is 0 Å². The minimum atomic E-state index is 0.510. The average molecular weight is 169 g/mol. The van der Waals surface area contributed by atoms with Crippen LogP contribution in [-0.4, -0.2) is 14.9 Å². The molecule has 2 aromatic heterocycles. The van der Waals surface area contributed by atoms with Gasteiger partial charge < -0.3 is 5.21 Å². The Kier molecular flexibility index (Phi) is 1.26. The number of hydrogen-bond donors (Lipinski definition) is 1. The summed E-state index contributed by atoms with van der Waals surface area (Å²) in [4.78, 5) is 3.88. The summed E-state index contributed by atoms with van der Waals surface area (Å²) in [7, 11) is 0. The van der Waals surface area contributed by atoms with Crippen LogP contribution >= 0.6 is 11.6 Å². The quantitative estimate of drug-likeness (QED) is 0.611. The molecule has 0 fully saturated rings. The van der Waals surface area contributed by atoms with Crippen molar-refractivity contribution in [1.29, 1.82) is 0 Å². The lowest BCUT2D eigenvalue weighted by atomic mass is 10.3. The van der Waals surface area contributed by atoms with Crippen LogP contribution in [0.3, 0.4) is 0 Å². The molecule has 2 rings (SSSR count). The molecule has 0 unspecified atom stereocenters. The van der Waals surface area contributed by atoms with Gasteiger partial charge in [0.25, 0.3) is 0 Å². The second kappa shape index (κ2) is 2.13. The van der Waals surface area contributed by atoms with Crippen LogP contribution < -0.4 is 0 Å². The first-order valence-corrected chi connectivity index (χ1v) is 3.46. The molecule has 0 radical (unpaired) electrons. The molecular formula is C7H5ClN2O. The Labute approximate surface area is 67.8 Å². The van der Waals surface area contributed by atoms with E-state index in [1.807, 2.05) is 0 Å². The minimum Gasteiger partial charge on any atom is -0.428 e. The molecule has 4 heteroatoms.